The molecule has 1 atom stereocenters. The predicted molar refractivity (Wildman–Crippen MR) is 85.9 cm³/mol. The van der Waals surface area contributed by atoms with Crippen molar-refractivity contribution < 1.29 is 14.3 Å². The minimum atomic E-state index is -0.177. The Morgan fingerprint density at radius 3 is 2.68 bits per heavy atom. The van der Waals surface area contributed by atoms with Gasteiger partial charge in [-0.25, -0.2) is 0 Å². The first-order valence-corrected chi connectivity index (χ1v) is 7.63. The summed E-state index contributed by atoms with van der Waals surface area (Å²) >= 11 is 0. The van der Waals surface area contributed by atoms with E-state index in [0.29, 0.717) is 12.2 Å². The molecule has 1 heterocycles. The zero-order valence-corrected chi connectivity index (χ0v) is 13.9. The van der Waals surface area contributed by atoms with Crippen molar-refractivity contribution in [2.75, 3.05) is 33.9 Å². The third kappa shape index (κ3) is 4.53. The van der Waals surface area contributed by atoms with Gasteiger partial charge >= 0.3 is 0 Å². The minimum Gasteiger partial charge on any atom is -0.382 e. The van der Waals surface area contributed by atoms with E-state index < -0.39 is 0 Å². The molecule has 0 unspecified atom stereocenters. The average Bonchev–Trinajstić information content (AvgIpc) is 2.46. The van der Waals surface area contributed by atoms with E-state index in [1.54, 1.807) is 14.2 Å². The van der Waals surface area contributed by atoms with E-state index in [-0.39, 0.29) is 17.6 Å². The quantitative estimate of drug-likeness (QED) is 0.899. The molecular formula is C17H26N2O3. The summed E-state index contributed by atoms with van der Waals surface area (Å²) in [5.41, 5.74) is 1.70. The van der Waals surface area contributed by atoms with Gasteiger partial charge < -0.3 is 14.8 Å². The van der Waals surface area contributed by atoms with Crippen molar-refractivity contribution in [2.45, 2.75) is 32.1 Å². The lowest BCUT2D eigenvalue weighted by Crippen LogP contribution is -2.53. The molecule has 5 nitrogen and oxygen atoms in total. The van der Waals surface area contributed by atoms with Crippen LogP contribution in [0, 0.1) is 0 Å². The molecule has 0 aliphatic carbocycles. The molecule has 122 valence electrons. The fourth-order valence-electron chi connectivity index (χ4n) is 2.97. The van der Waals surface area contributed by atoms with Gasteiger partial charge in [-0.05, 0) is 31.5 Å². The Morgan fingerprint density at radius 1 is 1.41 bits per heavy atom. The highest BCUT2D eigenvalue weighted by Gasteiger charge is 2.33. The molecule has 1 aromatic rings. The second-order valence-electron chi connectivity index (χ2n) is 6.40. The molecule has 0 spiro atoms. The van der Waals surface area contributed by atoms with Gasteiger partial charge in [0.15, 0.2) is 0 Å². The van der Waals surface area contributed by atoms with Crippen molar-refractivity contribution in [1.29, 1.82) is 0 Å². The number of nitrogens with one attached hydrogen (secondary N) is 1. The van der Waals surface area contributed by atoms with Crippen molar-refractivity contribution in [1.82, 2.24) is 10.2 Å². The summed E-state index contributed by atoms with van der Waals surface area (Å²) in [5, 5.41) is 2.63. The highest BCUT2D eigenvalue weighted by molar-refractivity contribution is 5.93. The molecule has 0 bridgehead atoms. The van der Waals surface area contributed by atoms with Gasteiger partial charge in [0.2, 0.25) is 0 Å². The summed E-state index contributed by atoms with van der Waals surface area (Å²) in [7, 11) is 3.34. The van der Waals surface area contributed by atoms with E-state index in [1.165, 1.54) is 5.56 Å². The second kappa shape index (κ2) is 7.22. The van der Waals surface area contributed by atoms with Crippen LogP contribution in [0.25, 0.3) is 0 Å². The summed E-state index contributed by atoms with van der Waals surface area (Å²) in [6.45, 7) is 7.41. The number of ether oxygens (including phenoxy) is 2. The lowest BCUT2D eigenvalue weighted by atomic mass is 10.0. The Labute approximate surface area is 132 Å². The zero-order chi connectivity index (χ0) is 16.2. The molecule has 1 aliphatic heterocycles. The van der Waals surface area contributed by atoms with Crippen LogP contribution < -0.4 is 5.32 Å². The van der Waals surface area contributed by atoms with Crippen LogP contribution in [0.1, 0.15) is 29.8 Å². The van der Waals surface area contributed by atoms with Crippen LogP contribution in [0.15, 0.2) is 24.3 Å². The van der Waals surface area contributed by atoms with Crippen LogP contribution in [0.4, 0.5) is 0 Å². The molecule has 1 N–H and O–H groups in total. The van der Waals surface area contributed by atoms with E-state index in [4.69, 9.17) is 9.47 Å². The molecule has 1 fully saturated rings. The molecular weight excluding hydrogens is 280 g/mol. The monoisotopic (exact) mass is 306 g/mol. The number of morpholine rings is 1. The first-order chi connectivity index (χ1) is 10.4. The number of hydrogen-bond donors (Lipinski definition) is 1. The van der Waals surface area contributed by atoms with E-state index in [1.807, 2.05) is 24.3 Å². The normalized spacial score (nSPS) is 21.5. The summed E-state index contributed by atoms with van der Waals surface area (Å²) in [5.74, 6) is -0.0563. The highest BCUT2D eigenvalue weighted by Crippen LogP contribution is 2.22. The number of rotatable bonds is 5. The third-order valence-corrected chi connectivity index (χ3v) is 3.75. The SMILES string of the molecule is CNC(=O)c1ccc(CN2C[C@@H](COC)OC(C)(C)C2)cc1. The van der Waals surface area contributed by atoms with Crippen molar-refractivity contribution in [3.05, 3.63) is 35.4 Å². The molecule has 1 saturated heterocycles. The molecule has 2 rings (SSSR count). The molecule has 0 saturated carbocycles. The Morgan fingerprint density at radius 2 is 2.09 bits per heavy atom. The van der Waals surface area contributed by atoms with Gasteiger partial charge in [-0.2, -0.15) is 0 Å². The first-order valence-electron chi connectivity index (χ1n) is 7.63. The van der Waals surface area contributed by atoms with E-state index in [2.05, 4.69) is 24.1 Å². The van der Waals surface area contributed by atoms with Crippen molar-refractivity contribution in [3.63, 3.8) is 0 Å². The Bertz CT molecular complexity index is 499. The van der Waals surface area contributed by atoms with Gasteiger partial charge in [0.05, 0.1) is 18.3 Å². The molecule has 1 aromatic carbocycles. The molecule has 0 aromatic heterocycles. The summed E-state index contributed by atoms with van der Waals surface area (Å²) in [6, 6.07) is 7.76. The summed E-state index contributed by atoms with van der Waals surface area (Å²) in [4.78, 5) is 13.9. The van der Waals surface area contributed by atoms with Gasteiger partial charge in [-0.1, -0.05) is 12.1 Å². The van der Waals surface area contributed by atoms with E-state index >= 15 is 0 Å². The minimum absolute atomic E-state index is 0.0563. The summed E-state index contributed by atoms with van der Waals surface area (Å²) < 4.78 is 11.3. The standard InChI is InChI=1S/C17H26N2O3/c1-17(2)12-19(10-15(22-17)11-21-4)9-13-5-7-14(8-6-13)16(20)18-3/h5-8,15H,9-12H2,1-4H3,(H,18,20)/t15-/m0/s1. The third-order valence-electron chi connectivity index (χ3n) is 3.75. The molecule has 0 radical (unpaired) electrons. The van der Waals surface area contributed by atoms with Gasteiger partial charge in [-0.15, -0.1) is 0 Å². The van der Waals surface area contributed by atoms with Crippen molar-refractivity contribution >= 4 is 5.91 Å². The number of benzene rings is 1. The Kier molecular flexibility index (Phi) is 5.56. The maximum Gasteiger partial charge on any atom is 0.251 e. The maximum atomic E-state index is 11.6. The first kappa shape index (κ1) is 16.9. The lowest BCUT2D eigenvalue weighted by molar-refractivity contribution is -0.154. The van der Waals surface area contributed by atoms with Crippen molar-refractivity contribution in [3.8, 4) is 0 Å². The number of carbonyl (C=O) groups excluding carboxylic acids is 1. The van der Waals surface area contributed by atoms with Crippen LogP contribution in [0.5, 0.6) is 0 Å². The molecule has 1 aliphatic rings. The van der Waals surface area contributed by atoms with Gasteiger partial charge in [0.25, 0.3) is 5.91 Å². The Balaban J connectivity index is 2.01. The number of methoxy groups -OCH3 is 1. The molecule has 1 amide bonds. The summed E-state index contributed by atoms with van der Waals surface area (Å²) in [6.07, 6.45) is 0.0962. The van der Waals surface area contributed by atoms with Crippen molar-refractivity contribution in [2.24, 2.45) is 0 Å². The van der Waals surface area contributed by atoms with Gasteiger partial charge in [0.1, 0.15) is 0 Å². The van der Waals surface area contributed by atoms with Gasteiger partial charge in [0, 0.05) is 39.4 Å². The second-order valence-corrected chi connectivity index (χ2v) is 6.40. The largest absolute Gasteiger partial charge is 0.382 e. The zero-order valence-electron chi connectivity index (χ0n) is 13.9. The van der Waals surface area contributed by atoms with Crippen LogP contribution >= 0.6 is 0 Å². The molecule has 5 heteroatoms. The fraction of sp³-hybridized carbons (Fsp3) is 0.588. The predicted octanol–water partition coefficient (Wildman–Crippen LogP) is 1.67. The van der Waals surface area contributed by atoms with Gasteiger partial charge in [-0.3, -0.25) is 9.69 Å². The number of nitrogens with zero attached hydrogens (tertiary/aromatic N) is 1. The van der Waals surface area contributed by atoms with Crippen LogP contribution in [-0.2, 0) is 16.0 Å². The molecule has 22 heavy (non-hydrogen) atoms. The average molecular weight is 306 g/mol. The number of hydrogen-bond acceptors (Lipinski definition) is 4. The van der Waals surface area contributed by atoms with E-state index in [9.17, 15) is 4.79 Å². The smallest absolute Gasteiger partial charge is 0.251 e. The van der Waals surface area contributed by atoms with Crippen LogP contribution in [0.2, 0.25) is 0 Å². The maximum absolute atomic E-state index is 11.6. The number of amides is 1. The fourth-order valence-corrected chi connectivity index (χ4v) is 2.97. The van der Waals surface area contributed by atoms with Crippen LogP contribution in [-0.4, -0.2) is 56.4 Å². The van der Waals surface area contributed by atoms with E-state index in [0.717, 1.165) is 19.6 Å². The number of carbonyl (C=O) groups is 1. The Hall–Kier alpha value is -1.43. The topological polar surface area (TPSA) is 50.8 Å². The lowest BCUT2D eigenvalue weighted by Gasteiger charge is -2.42. The van der Waals surface area contributed by atoms with Crippen LogP contribution in [0.3, 0.4) is 0 Å². The highest BCUT2D eigenvalue weighted by atomic mass is 16.5.